The fourth-order valence-corrected chi connectivity index (χ4v) is 5.31. The van der Waals surface area contributed by atoms with Gasteiger partial charge in [0.2, 0.25) is 0 Å². The molecule has 1 fully saturated rings. The first kappa shape index (κ1) is 22.2. The largest absolute Gasteiger partial charge is 0.478 e. The first-order valence-corrected chi connectivity index (χ1v) is 12.2. The van der Waals surface area contributed by atoms with Gasteiger partial charge in [-0.2, -0.15) is 0 Å². The van der Waals surface area contributed by atoms with Crippen LogP contribution in [0.4, 0.5) is 0 Å². The molecule has 1 saturated carbocycles. The number of aryl methyl sites for hydroxylation is 2. The van der Waals surface area contributed by atoms with E-state index in [0.717, 1.165) is 63.3 Å². The summed E-state index contributed by atoms with van der Waals surface area (Å²) in [6.07, 6.45) is 9.40. The van der Waals surface area contributed by atoms with E-state index in [2.05, 4.69) is 28.1 Å². The number of aromatic carboxylic acids is 1. The van der Waals surface area contributed by atoms with E-state index in [0.29, 0.717) is 5.92 Å². The summed E-state index contributed by atoms with van der Waals surface area (Å²) in [6.45, 7) is 3.86. The van der Waals surface area contributed by atoms with Crippen molar-refractivity contribution in [2.45, 2.75) is 39.2 Å². The van der Waals surface area contributed by atoms with Crippen LogP contribution in [0.1, 0.15) is 52.8 Å². The van der Waals surface area contributed by atoms with Crippen molar-refractivity contribution in [2.75, 3.05) is 0 Å². The lowest BCUT2D eigenvalue weighted by Gasteiger charge is -2.35. The highest BCUT2D eigenvalue weighted by molar-refractivity contribution is 5.96. The molecule has 1 aliphatic carbocycles. The van der Waals surface area contributed by atoms with Crippen molar-refractivity contribution in [3.05, 3.63) is 89.8 Å². The zero-order valence-electron chi connectivity index (χ0n) is 20.2. The molecule has 1 unspecified atom stereocenters. The quantitative estimate of drug-likeness (QED) is 0.301. The smallest absolute Gasteiger partial charge is 0.335 e. The number of rotatable bonds is 6. The lowest BCUT2D eigenvalue weighted by Crippen LogP contribution is -2.26. The molecule has 0 amide bonds. The van der Waals surface area contributed by atoms with E-state index < -0.39 is 5.97 Å². The van der Waals surface area contributed by atoms with Gasteiger partial charge in [-0.3, -0.25) is 9.97 Å². The van der Waals surface area contributed by atoms with Gasteiger partial charge in [-0.05, 0) is 68.5 Å². The van der Waals surface area contributed by atoms with Gasteiger partial charge in [-0.25, -0.2) is 4.79 Å². The Morgan fingerprint density at radius 1 is 1.08 bits per heavy atom. The number of benzene rings is 1. The maximum absolute atomic E-state index is 11.4. The molecule has 36 heavy (non-hydrogen) atoms. The molecular formula is C29H26N4O3. The highest BCUT2D eigenvalue weighted by Gasteiger charge is 2.32. The molecule has 0 radical (unpaired) electrons. The van der Waals surface area contributed by atoms with E-state index in [1.165, 1.54) is 6.42 Å². The monoisotopic (exact) mass is 478 g/mol. The molecule has 4 aromatic heterocycles. The van der Waals surface area contributed by atoms with Crippen LogP contribution < -0.4 is 0 Å². The number of carbonyl (C=O) groups is 1. The van der Waals surface area contributed by atoms with Crippen LogP contribution in [0.5, 0.6) is 0 Å². The van der Waals surface area contributed by atoms with Crippen molar-refractivity contribution < 1.29 is 14.4 Å². The number of carboxylic acid groups (broad SMARTS) is 1. The van der Waals surface area contributed by atoms with Crippen molar-refractivity contribution >= 4 is 17.0 Å². The molecule has 4 heterocycles. The van der Waals surface area contributed by atoms with Crippen LogP contribution in [-0.4, -0.2) is 30.8 Å². The predicted molar refractivity (Wildman–Crippen MR) is 137 cm³/mol. The second-order valence-electron chi connectivity index (χ2n) is 9.51. The van der Waals surface area contributed by atoms with Gasteiger partial charge in [0, 0.05) is 35.3 Å². The fraction of sp³-hybridized carbons (Fsp3) is 0.241. The number of hydrogen-bond donors (Lipinski definition) is 1. The van der Waals surface area contributed by atoms with Crippen molar-refractivity contribution in [1.29, 1.82) is 0 Å². The summed E-state index contributed by atoms with van der Waals surface area (Å²) in [5.74, 6) is 0.309. The Balaban J connectivity index is 1.59. The molecule has 0 aliphatic heterocycles. The Morgan fingerprint density at radius 2 is 1.89 bits per heavy atom. The third-order valence-electron chi connectivity index (χ3n) is 7.32. The van der Waals surface area contributed by atoms with Crippen LogP contribution in [-0.2, 0) is 0 Å². The molecule has 1 aliphatic rings. The average Bonchev–Trinajstić information content (AvgIpc) is 3.40. The summed E-state index contributed by atoms with van der Waals surface area (Å²) in [5.41, 5.74) is 7.81. The minimum Gasteiger partial charge on any atom is -0.478 e. The zero-order chi connectivity index (χ0) is 24.8. The van der Waals surface area contributed by atoms with Crippen LogP contribution in [0, 0.1) is 19.8 Å². The summed E-state index contributed by atoms with van der Waals surface area (Å²) >= 11 is 0. The number of pyridine rings is 2. The number of nitrogens with zero attached hydrogens (tertiary/aromatic N) is 4. The second kappa shape index (κ2) is 8.75. The number of fused-ring (bicyclic) bond motifs is 1. The highest BCUT2D eigenvalue weighted by Crippen LogP contribution is 2.43. The molecule has 5 aromatic rings. The van der Waals surface area contributed by atoms with Crippen molar-refractivity contribution in [2.24, 2.45) is 5.92 Å². The van der Waals surface area contributed by atoms with Gasteiger partial charge < -0.3 is 14.2 Å². The summed E-state index contributed by atoms with van der Waals surface area (Å²) in [6, 6.07) is 15.3. The van der Waals surface area contributed by atoms with Crippen LogP contribution in [0.15, 0.2) is 71.6 Å². The highest BCUT2D eigenvalue weighted by atomic mass is 16.5. The van der Waals surface area contributed by atoms with Gasteiger partial charge in [0.05, 0.1) is 34.0 Å². The van der Waals surface area contributed by atoms with Crippen LogP contribution in [0.25, 0.3) is 33.3 Å². The Kier molecular flexibility index (Phi) is 5.40. The third kappa shape index (κ3) is 3.68. The van der Waals surface area contributed by atoms with Gasteiger partial charge in [0.25, 0.3) is 0 Å². The maximum atomic E-state index is 11.4. The normalized spacial score (nSPS) is 14.6. The fourth-order valence-electron chi connectivity index (χ4n) is 5.31. The van der Waals surface area contributed by atoms with E-state index >= 15 is 0 Å². The molecule has 1 atom stereocenters. The SMILES string of the molecule is Cc1noc(C)c1-c1cnc2c(-c3ccc(C(=O)O)cc3)cn(C(c3ccccn3)C3CCC3)c2c1. The molecule has 0 bridgehead atoms. The van der Waals surface area contributed by atoms with Crippen molar-refractivity contribution in [1.82, 2.24) is 19.7 Å². The van der Waals surface area contributed by atoms with Gasteiger partial charge in [-0.1, -0.05) is 29.8 Å². The van der Waals surface area contributed by atoms with E-state index in [4.69, 9.17) is 14.5 Å². The summed E-state index contributed by atoms with van der Waals surface area (Å²) < 4.78 is 7.75. The second-order valence-corrected chi connectivity index (χ2v) is 9.51. The van der Waals surface area contributed by atoms with Crippen LogP contribution in [0.3, 0.4) is 0 Å². The number of carboxylic acids is 1. The Morgan fingerprint density at radius 3 is 2.50 bits per heavy atom. The first-order chi connectivity index (χ1) is 17.5. The van der Waals surface area contributed by atoms with E-state index in [9.17, 15) is 9.90 Å². The summed E-state index contributed by atoms with van der Waals surface area (Å²) in [4.78, 5) is 21.1. The van der Waals surface area contributed by atoms with Gasteiger partial charge in [0.15, 0.2) is 0 Å². The van der Waals surface area contributed by atoms with E-state index in [1.54, 1.807) is 12.1 Å². The molecule has 6 rings (SSSR count). The number of hydrogen-bond acceptors (Lipinski definition) is 5. The third-order valence-corrected chi connectivity index (χ3v) is 7.32. The first-order valence-electron chi connectivity index (χ1n) is 12.2. The van der Waals surface area contributed by atoms with E-state index in [-0.39, 0.29) is 11.6 Å². The van der Waals surface area contributed by atoms with Crippen LogP contribution in [0.2, 0.25) is 0 Å². The Bertz CT molecular complexity index is 1540. The average molecular weight is 479 g/mol. The van der Waals surface area contributed by atoms with Crippen LogP contribution >= 0.6 is 0 Å². The lowest BCUT2D eigenvalue weighted by atomic mass is 9.78. The molecular weight excluding hydrogens is 452 g/mol. The van der Waals surface area contributed by atoms with Gasteiger partial charge >= 0.3 is 5.97 Å². The summed E-state index contributed by atoms with van der Waals surface area (Å²) in [5, 5.41) is 13.5. The molecule has 7 heteroatoms. The molecule has 1 aromatic carbocycles. The minimum absolute atomic E-state index is 0.0798. The van der Waals surface area contributed by atoms with Gasteiger partial charge in [-0.15, -0.1) is 0 Å². The standard InChI is InChI=1S/C29H26N4O3/c1-17-26(18(2)36-32-17)22-14-25-27(31-15-22)23(19-9-11-21(12-10-19)29(34)35)16-33(25)28(20-6-5-7-20)24-8-3-4-13-30-24/h3-4,8-16,20,28H,5-7H2,1-2H3,(H,34,35). The van der Waals surface area contributed by atoms with E-state index in [1.807, 2.05) is 50.5 Å². The minimum atomic E-state index is -0.939. The zero-order valence-corrected chi connectivity index (χ0v) is 20.2. The van der Waals surface area contributed by atoms with Crippen molar-refractivity contribution in [3.8, 4) is 22.3 Å². The lowest BCUT2D eigenvalue weighted by molar-refractivity contribution is 0.0697. The number of aromatic nitrogens is 4. The van der Waals surface area contributed by atoms with Gasteiger partial charge in [0.1, 0.15) is 5.76 Å². The topological polar surface area (TPSA) is 94.0 Å². The molecule has 7 nitrogen and oxygen atoms in total. The Hall–Kier alpha value is -4.26. The molecule has 0 saturated heterocycles. The molecule has 1 N–H and O–H groups in total. The molecule has 0 spiro atoms. The molecule has 180 valence electrons. The maximum Gasteiger partial charge on any atom is 0.335 e. The summed E-state index contributed by atoms with van der Waals surface area (Å²) in [7, 11) is 0. The Labute approximate surface area is 208 Å². The van der Waals surface area contributed by atoms with Crippen molar-refractivity contribution in [3.63, 3.8) is 0 Å². The predicted octanol–water partition coefficient (Wildman–Crippen LogP) is 6.46.